The highest BCUT2D eigenvalue weighted by Gasteiger charge is 2.20. The fourth-order valence-electron chi connectivity index (χ4n) is 0.877. The molecule has 0 atom stereocenters. The molecule has 0 aliphatic heterocycles. The minimum absolute atomic E-state index is 0.361. The molecule has 72 valence electrons. The Morgan fingerprint density at radius 3 is 2.54 bits per heavy atom. The van der Waals surface area contributed by atoms with E-state index in [0.717, 1.165) is 4.88 Å². The largest absolute Gasteiger partial charge is 0.465 e. The first-order valence-corrected chi connectivity index (χ1v) is 4.68. The van der Waals surface area contributed by atoms with Crippen molar-refractivity contribution in [3.8, 4) is 0 Å². The van der Waals surface area contributed by atoms with Crippen LogP contribution in [0.2, 0.25) is 0 Å². The summed E-state index contributed by atoms with van der Waals surface area (Å²) in [5.74, 6) is -0.361. The predicted molar refractivity (Wildman–Crippen MR) is 50.9 cm³/mol. The SMILES string of the molecule is COC(=O)c1ccc(C(C)(C)O)s1. The molecule has 0 radical (unpaired) electrons. The maximum atomic E-state index is 11.1. The van der Waals surface area contributed by atoms with Crippen LogP contribution < -0.4 is 0 Å². The van der Waals surface area contributed by atoms with Gasteiger partial charge in [0.2, 0.25) is 0 Å². The number of hydrogen-bond donors (Lipinski definition) is 1. The van der Waals surface area contributed by atoms with Crippen molar-refractivity contribution in [1.29, 1.82) is 0 Å². The number of carbonyl (C=O) groups excluding carboxylic acids is 1. The van der Waals surface area contributed by atoms with Gasteiger partial charge in [0.15, 0.2) is 0 Å². The van der Waals surface area contributed by atoms with Crippen molar-refractivity contribution in [3.63, 3.8) is 0 Å². The molecule has 1 heterocycles. The first-order chi connectivity index (χ1) is 5.95. The van der Waals surface area contributed by atoms with Crippen molar-refractivity contribution >= 4 is 17.3 Å². The summed E-state index contributed by atoms with van der Waals surface area (Å²) in [6.07, 6.45) is 0. The van der Waals surface area contributed by atoms with E-state index < -0.39 is 5.60 Å². The number of methoxy groups -OCH3 is 1. The van der Waals surface area contributed by atoms with Gasteiger partial charge in [-0.15, -0.1) is 11.3 Å². The fraction of sp³-hybridized carbons (Fsp3) is 0.444. The van der Waals surface area contributed by atoms with Crippen molar-refractivity contribution in [2.24, 2.45) is 0 Å². The van der Waals surface area contributed by atoms with Crippen LogP contribution in [-0.4, -0.2) is 18.2 Å². The molecule has 0 aromatic carbocycles. The molecular weight excluding hydrogens is 188 g/mol. The van der Waals surface area contributed by atoms with E-state index in [2.05, 4.69) is 4.74 Å². The Kier molecular flexibility index (Phi) is 2.73. The third-order valence-corrected chi connectivity index (χ3v) is 2.97. The van der Waals surface area contributed by atoms with Crippen LogP contribution in [0.3, 0.4) is 0 Å². The zero-order valence-corrected chi connectivity index (χ0v) is 8.64. The maximum Gasteiger partial charge on any atom is 0.348 e. The molecule has 0 spiro atoms. The average molecular weight is 200 g/mol. The number of rotatable bonds is 2. The van der Waals surface area contributed by atoms with Crippen LogP contribution in [0.25, 0.3) is 0 Å². The molecule has 1 aromatic heterocycles. The van der Waals surface area contributed by atoms with Gasteiger partial charge < -0.3 is 9.84 Å². The Morgan fingerprint density at radius 1 is 1.54 bits per heavy atom. The van der Waals surface area contributed by atoms with E-state index in [-0.39, 0.29) is 5.97 Å². The quantitative estimate of drug-likeness (QED) is 0.740. The summed E-state index contributed by atoms with van der Waals surface area (Å²) in [7, 11) is 1.34. The number of thiophene rings is 1. The molecule has 0 saturated carbocycles. The highest BCUT2D eigenvalue weighted by molar-refractivity contribution is 7.14. The van der Waals surface area contributed by atoms with E-state index >= 15 is 0 Å². The van der Waals surface area contributed by atoms with Crippen molar-refractivity contribution in [3.05, 3.63) is 21.9 Å². The second-order valence-electron chi connectivity index (χ2n) is 3.21. The summed E-state index contributed by atoms with van der Waals surface area (Å²) in [5.41, 5.74) is -0.892. The summed E-state index contributed by atoms with van der Waals surface area (Å²) >= 11 is 1.25. The van der Waals surface area contributed by atoms with E-state index in [1.165, 1.54) is 18.4 Å². The molecule has 1 rings (SSSR count). The van der Waals surface area contributed by atoms with Gasteiger partial charge in [0.05, 0.1) is 12.7 Å². The van der Waals surface area contributed by atoms with Gasteiger partial charge >= 0.3 is 5.97 Å². The molecule has 0 saturated heterocycles. The summed E-state index contributed by atoms with van der Waals surface area (Å²) in [6, 6.07) is 3.39. The second-order valence-corrected chi connectivity index (χ2v) is 4.30. The number of hydrogen-bond acceptors (Lipinski definition) is 4. The highest BCUT2D eigenvalue weighted by Crippen LogP contribution is 2.27. The molecule has 0 bridgehead atoms. The Balaban J connectivity index is 2.93. The third kappa shape index (κ3) is 2.29. The van der Waals surface area contributed by atoms with Crippen molar-refractivity contribution in [2.45, 2.75) is 19.4 Å². The molecule has 0 fully saturated rings. The fourth-order valence-corrected chi connectivity index (χ4v) is 1.80. The van der Waals surface area contributed by atoms with Crippen LogP contribution in [0.5, 0.6) is 0 Å². The molecule has 1 N–H and O–H groups in total. The van der Waals surface area contributed by atoms with Gasteiger partial charge in [-0.1, -0.05) is 0 Å². The van der Waals surface area contributed by atoms with Crippen LogP contribution in [0.1, 0.15) is 28.4 Å². The lowest BCUT2D eigenvalue weighted by Gasteiger charge is -2.13. The van der Waals surface area contributed by atoms with Crippen LogP contribution in [0.15, 0.2) is 12.1 Å². The molecule has 0 amide bonds. The number of esters is 1. The predicted octanol–water partition coefficient (Wildman–Crippen LogP) is 1.76. The molecule has 3 nitrogen and oxygen atoms in total. The standard InChI is InChI=1S/C9H12O3S/c1-9(2,11)7-5-4-6(13-7)8(10)12-3/h4-5,11H,1-3H3. The zero-order valence-electron chi connectivity index (χ0n) is 7.83. The van der Waals surface area contributed by atoms with Crippen LogP contribution >= 0.6 is 11.3 Å². The molecule has 0 aliphatic rings. The lowest BCUT2D eigenvalue weighted by Crippen LogP contribution is -2.12. The first kappa shape index (κ1) is 10.2. The monoisotopic (exact) mass is 200 g/mol. The van der Waals surface area contributed by atoms with Crippen molar-refractivity contribution in [2.75, 3.05) is 7.11 Å². The summed E-state index contributed by atoms with van der Waals surface area (Å²) in [6.45, 7) is 3.36. The average Bonchev–Trinajstić information content (AvgIpc) is 2.50. The van der Waals surface area contributed by atoms with Crippen LogP contribution in [-0.2, 0) is 10.3 Å². The van der Waals surface area contributed by atoms with Crippen molar-refractivity contribution in [1.82, 2.24) is 0 Å². The second kappa shape index (κ2) is 3.47. The molecule has 0 unspecified atom stereocenters. The van der Waals surface area contributed by atoms with Gasteiger partial charge in [-0.2, -0.15) is 0 Å². The minimum Gasteiger partial charge on any atom is -0.465 e. The third-order valence-electron chi connectivity index (χ3n) is 1.60. The minimum atomic E-state index is -0.892. The van der Waals surface area contributed by atoms with Gasteiger partial charge in [-0.25, -0.2) is 4.79 Å². The Hall–Kier alpha value is -0.870. The summed E-state index contributed by atoms with van der Waals surface area (Å²) < 4.78 is 4.55. The zero-order chi connectivity index (χ0) is 10.1. The number of ether oxygens (including phenoxy) is 1. The Bertz CT molecular complexity index is 309. The van der Waals surface area contributed by atoms with Gasteiger partial charge in [-0.05, 0) is 26.0 Å². The van der Waals surface area contributed by atoms with E-state index in [9.17, 15) is 9.90 Å². The van der Waals surface area contributed by atoms with Gasteiger partial charge in [-0.3, -0.25) is 0 Å². The molecular formula is C9H12O3S. The van der Waals surface area contributed by atoms with Crippen LogP contribution in [0, 0.1) is 0 Å². The molecule has 1 aromatic rings. The topological polar surface area (TPSA) is 46.5 Å². The Labute approximate surface area is 81.0 Å². The molecule has 4 heteroatoms. The normalized spacial score (nSPS) is 11.4. The molecule has 0 aliphatic carbocycles. The van der Waals surface area contributed by atoms with E-state index in [4.69, 9.17) is 0 Å². The van der Waals surface area contributed by atoms with Gasteiger partial charge in [0.1, 0.15) is 4.88 Å². The van der Waals surface area contributed by atoms with Crippen LogP contribution in [0.4, 0.5) is 0 Å². The lowest BCUT2D eigenvalue weighted by molar-refractivity contribution is 0.0606. The number of aliphatic hydroxyl groups is 1. The first-order valence-electron chi connectivity index (χ1n) is 3.86. The summed E-state index contributed by atoms with van der Waals surface area (Å²) in [5, 5.41) is 9.62. The number of carbonyl (C=O) groups is 1. The lowest BCUT2D eigenvalue weighted by atomic mass is 10.1. The maximum absolute atomic E-state index is 11.1. The summed E-state index contributed by atoms with van der Waals surface area (Å²) in [4.78, 5) is 12.3. The smallest absolute Gasteiger partial charge is 0.348 e. The Morgan fingerprint density at radius 2 is 2.15 bits per heavy atom. The van der Waals surface area contributed by atoms with E-state index in [0.29, 0.717) is 4.88 Å². The van der Waals surface area contributed by atoms with Crippen molar-refractivity contribution < 1.29 is 14.6 Å². The van der Waals surface area contributed by atoms with Gasteiger partial charge in [0.25, 0.3) is 0 Å². The van der Waals surface area contributed by atoms with Gasteiger partial charge in [0, 0.05) is 4.88 Å². The van der Waals surface area contributed by atoms with E-state index in [1.54, 1.807) is 26.0 Å². The molecule has 13 heavy (non-hydrogen) atoms. The highest BCUT2D eigenvalue weighted by atomic mass is 32.1. The van der Waals surface area contributed by atoms with E-state index in [1.807, 2.05) is 0 Å².